The van der Waals surface area contributed by atoms with Crippen LogP contribution in [0.15, 0.2) is 84.0 Å². The van der Waals surface area contributed by atoms with Gasteiger partial charge < -0.3 is 9.47 Å². The normalized spacial score (nSPS) is 10.5. The van der Waals surface area contributed by atoms with Crippen molar-refractivity contribution in [3.8, 4) is 11.5 Å². The summed E-state index contributed by atoms with van der Waals surface area (Å²) in [5.41, 5.74) is 2.88. The quantitative estimate of drug-likeness (QED) is 0.289. The first kappa shape index (κ1) is 19.8. The molecular weight excluding hydrogens is 375 g/mol. The van der Waals surface area contributed by atoms with E-state index in [4.69, 9.17) is 9.47 Å². The van der Waals surface area contributed by atoms with Crippen LogP contribution < -0.4 is 14.9 Å². The van der Waals surface area contributed by atoms with Crippen molar-refractivity contribution in [1.29, 1.82) is 0 Å². The molecule has 0 aliphatic rings. The van der Waals surface area contributed by atoms with Gasteiger partial charge in [-0.15, -0.1) is 0 Å². The van der Waals surface area contributed by atoms with Gasteiger partial charge >= 0.3 is 5.97 Å². The molecule has 0 bridgehead atoms. The van der Waals surface area contributed by atoms with E-state index in [0.717, 1.165) is 0 Å². The number of benzene rings is 3. The van der Waals surface area contributed by atoms with E-state index in [-0.39, 0.29) is 17.9 Å². The molecule has 0 aliphatic heterocycles. The Kier molecular flexibility index (Phi) is 6.67. The van der Waals surface area contributed by atoms with E-state index in [1.165, 1.54) is 24.4 Å². The third kappa shape index (κ3) is 6.00. The van der Waals surface area contributed by atoms with Crippen LogP contribution in [0.25, 0.3) is 0 Å². The Hall–Kier alpha value is -4.00. The van der Waals surface area contributed by atoms with Crippen molar-refractivity contribution in [1.82, 2.24) is 5.43 Å². The summed E-state index contributed by atoms with van der Waals surface area (Å²) in [4.78, 5) is 23.7. The number of ether oxygens (including phenoxy) is 2. The molecule has 3 rings (SSSR count). The third-order valence-electron chi connectivity index (χ3n) is 3.70. The first-order valence-corrected chi connectivity index (χ1v) is 8.68. The molecule has 1 N–H and O–H groups in total. The molecule has 0 aromatic heterocycles. The number of carbonyl (C=O) groups is 2. The number of hydrazone groups is 1. The first-order valence-electron chi connectivity index (χ1n) is 8.68. The van der Waals surface area contributed by atoms with Crippen LogP contribution in [0.4, 0.5) is 4.39 Å². The molecule has 3 aromatic rings. The van der Waals surface area contributed by atoms with Crippen LogP contribution in [0.3, 0.4) is 0 Å². The molecule has 1 amide bonds. The van der Waals surface area contributed by atoms with Gasteiger partial charge in [0.1, 0.15) is 17.3 Å². The number of nitrogens with zero attached hydrogens (tertiary/aromatic N) is 1. The number of hydrogen-bond acceptors (Lipinski definition) is 5. The van der Waals surface area contributed by atoms with Crippen LogP contribution in [0.5, 0.6) is 11.5 Å². The lowest BCUT2D eigenvalue weighted by Crippen LogP contribution is -2.24. The average Bonchev–Trinajstić information content (AvgIpc) is 2.74. The molecule has 0 saturated carbocycles. The maximum absolute atomic E-state index is 13.6. The summed E-state index contributed by atoms with van der Waals surface area (Å²) in [5, 5.41) is 3.84. The van der Waals surface area contributed by atoms with E-state index in [1.54, 1.807) is 42.5 Å². The van der Waals surface area contributed by atoms with Gasteiger partial charge in [0.05, 0.1) is 11.8 Å². The number of rotatable bonds is 7. The molecule has 0 spiro atoms. The predicted molar refractivity (Wildman–Crippen MR) is 105 cm³/mol. The van der Waals surface area contributed by atoms with Gasteiger partial charge in [0.25, 0.3) is 5.91 Å². The zero-order chi connectivity index (χ0) is 20.5. The van der Waals surface area contributed by atoms with Crippen molar-refractivity contribution in [3.63, 3.8) is 0 Å². The highest BCUT2D eigenvalue weighted by molar-refractivity contribution is 5.91. The van der Waals surface area contributed by atoms with Crippen molar-refractivity contribution in [2.45, 2.75) is 0 Å². The molecule has 0 radical (unpaired) electrons. The number of para-hydroxylation sites is 1. The fourth-order valence-corrected chi connectivity index (χ4v) is 2.29. The second kappa shape index (κ2) is 9.80. The number of carbonyl (C=O) groups excluding carboxylic acids is 2. The monoisotopic (exact) mass is 392 g/mol. The lowest BCUT2D eigenvalue weighted by Gasteiger charge is -2.05. The smallest absolute Gasteiger partial charge is 0.346 e. The van der Waals surface area contributed by atoms with Gasteiger partial charge in [0.15, 0.2) is 6.61 Å². The molecule has 0 unspecified atom stereocenters. The van der Waals surface area contributed by atoms with Crippen LogP contribution in [0.1, 0.15) is 15.9 Å². The minimum atomic E-state index is -0.782. The Labute approximate surface area is 166 Å². The molecule has 146 valence electrons. The average molecular weight is 392 g/mol. The second-order valence-corrected chi connectivity index (χ2v) is 5.83. The molecule has 0 aliphatic carbocycles. The number of hydrogen-bond donors (Lipinski definition) is 1. The van der Waals surface area contributed by atoms with Gasteiger partial charge in [-0.25, -0.2) is 14.6 Å². The summed E-state index contributed by atoms with van der Waals surface area (Å²) >= 11 is 0. The Morgan fingerprint density at radius 2 is 1.59 bits per heavy atom. The lowest BCUT2D eigenvalue weighted by molar-refractivity contribution is -0.123. The van der Waals surface area contributed by atoms with Gasteiger partial charge in [-0.3, -0.25) is 4.79 Å². The molecule has 0 fully saturated rings. The lowest BCUT2D eigenvalue weighted by atomic mass is 10.2. The van der Waals surface area contributed by atoms with E-state index in [2.05, 4.69) is 10.5 Å². The van der Waals surface area contributed by atoms with Crippen molar-refractivity contribution in [2.24, 2.45) is 5.10 Å². The molecule has 7 heteroatoms. The van der Waals surface area contributed by atoms with Crippen LogP contribution in [-0.2, 0) is 4.79 Å². The highest BCUT2D eigenvalue weighted by Gasteiger charge is 2.13. The highest BCUT2D eigenvalue weighted by atomic mass is 19.1. The van der Waals surface area contributed by atoms with Crippen molar-refractivity contribution >= 4 is 18.1 Å². The van der Waals surface area contributed by atoms with Crippen LogP contribution >= 0.6 is 0 Å². The van der Waals surface area contributed by atoms with Crippen LogP contribution in [0.2, 0.25) is 0 Å². The minimum absolute atomic E-state index is 0.140. The molecular formula is C22H17FN2O4. The van der Waals surface area contributed by atoms with Crippen molar-refractivity contribution in [3.05, 3.63) is 95.8 Å². The second-order valence-electron chi connectivity index (χ2n) is 5.83. The van der Waals surface area contributed by atoms with Crippen molar-refractivity contribution in [2.75, 3.05) is 6.61 Å². The minimum Gasteiger partial charge on any atom is -0.484 e. The summed E-state index contributed by atoms with van der Waals surface area (Å²) < 4.78 is 24.1. The fourth-order valence-electron chi connectivity index (χ4n) is 2.29. The Bertz CT molecular complexity index is 1000. The largest absolute Gasteiger partial charge is 0.484 e. The van der Waals surface area contributed by atoms with Crippen molar-refractivity contribution < 1.29 is 23.5 Å². The molecule has 0 saturated heterocycles. The van der Waals surface area contributed by atoms with Gasteiger partial charge in [-0.05, 0) is 54.1 Å². The molecule has 29 heavy (non-hydrogen) atoms. The van der Waals surface area contributed by atoms with E-state index < -0.39 is 17.7 Å². The van der Waals surface area contributed by atoms with Gasteiger partial charge in [-0.2, -0.15) is 5.10 Å². The van der Waals surface area contributed by atoms with Crippen LogP contribution in [-0.4, -0.2) is 24.7 Å². The maximum Gasteiger partial charge on any atom is 0.346 e. The highest BCUT2D eigenvalue weighted by Crippen LogP contribution is 2.15. The molecule has 6 nitrogen and oxygen atoms in total. The summed E-state index contributed by atoms with van der Waals surface area (Å²) in [5.74, 6) is -0.980. The molecule has 3 aromatic carbocycles. The Balaban J connectivity index is 1.48. The van der Waals surface area contributed by atoms with Gasteiger partial charge in [0.2, 0.25) is 0 Å². The molecule has 0 atom stereocenters. The number of nitrogens with one attached hydrogen (secondary N) is 1. The number of esters is 1. The summed E-state index contributed by atoms with van der Waals surface area (Å²) in [6.45, 7) is -0.160. The summed E-state index contributed by atoms with van der Waals surface area (Å²) in [6, 6.07) is 20.9. The number of amides is 1. The van der Waals surface area contributed by atoms with Gasteiger partial charge in [-0.1, -0.05) is 30.3 Å². The van der Waals surface area contributed by atoms with Gasteiger partial charge in [0, 0.05) is 0 Å². The predicted octanol–water partition coefficient (Wildman–Crippen LogP) is 3.57. The standard InChI is InChI=1S/C22H17FN2O4/c23-20-9-5-4-8-19(20)22(27)29-18-12-10-16(11-13-18)14-24-25-21(26)15-28-17-6-2-1-3-7-17/h1-14H,15H2,(H,25,26)/b24-14+. The third-order valence-corrected chi connectivity index (χ3v) is 3.70. The summed E-state index contributed by atoms with van der Waals surface area (Å²) in [6.07, 6.45) is 1.43. The Morgan fingerprint density at radius 3 is 2.31 bits per heavy atom. The number of halogens is 1. The van der Waals surface area contributed by atoms with E-state index in [9.17, 15) is 14.0 Å². The first-order chi connectivity index (χ1) is 14.1. The summed E-state index contributed by atoms with van der Waals surface area (Å²) in [7, 11) is 0. The van der Waals surface area contributed by atoms with E-state index in [1.807, 2.05) is 18.2 Å². The fraction of sp³-hybridized carbons (Fsp3) is 0.0455. The Morgan fingerprint density at radius 1 is 0.897 bits per heavy atom. The zero-order valence-electron chi connectivity index (χ0n) is 15.2. The van der Waals surface area contributed by atoms with E-state index in [0.29, 0.717) is 11.3 Å². The van der Waals surface area contributed by atoms with Crippen LogP contribution in [0, 0.1) is 5.82 Å². The SMILES string of the molecule is O=C(COc1ccccc1)N/N=C/c1ccc(OC(=O)c2ccccc2F)cc1. The molecule has 0 heterocycles. The van der Waals surface area contributed by atoms with E-state index >= 15 is 0 Å². The topological polar surface area (TPSA) is 77.0 Å². The zero-order valence-corrected chi connectivity index (χ0v) is 15.2. The maximum atomic E-state index is 13.6.